The van der Waals surface area contributed by atoms with Crippen LogP contribution >= 0.6 is 0 Å². The van der Waals surface area contributed by atoms with Gasteiger partial charge in [-0.15, -0.1) is 0 Å². The van der Waals surface area contributed by atoms with E-state index in [4.69, 9.17) is 4.74 Å². The van der Waals surface area contributed by atoms with Crippen LogP contribution in [0.15, 0.2) is 35.5 Å². The van der Waals surface area contributed by atoms with E-state index in [0.29, 0.717) is 37.3 Å². The summed E-state index contributed by atoms with van der Waals surface area (Å²) in [6.45, 7) is 2.77. The van der Waals surface area contributed by atoms with E-state index >= 15 is 0 Å². The summed E-state index contributed by atoms with van der Waals surface area (Å²) in [5, 5.41) is 12.5. The van der Waals surface area contributed by atoms with Crippen molar-refractivity contribution in [1.82, 2.24) is 20.2 Å². The highest BCUT2D eigenvalue weighted by atomic mass is 32.2. The van der Waals surface area contributed by atoms with Crippen molar-refractivity contribution in [2.75, 3.05) is 25.5 Å². The first-order valence-corrected chi connectivity index (χ1v) is 13.6. The molecule has 1 saturated heterocycles. The van der Waals surface area contributed by atoms with Crippen LogP contribution in [-0.4, -0.2) is 72.1 Å². The average molecular weight is 543 g/mol. The SMILES string of the molecule is CCS(=O)(=O)c1ccc([C@H](CO)NC(=O)c2cnc3c(c2)CN(C[C@H]2CCC(C(F)(F)F)OC2)C3)nc1. The Morgan fingerprint density at radius 1 is 1.24 bits per heavy atom. The minimum absolute atomic E-state index is 0.00723. The molecule has 9 nitrogen and oxygen atoms in total. The maximum Gasteiger partial charge on any atom is 0.414 e. The topological polar surface area (TPSA) is 122 Å². The number of aromatic nitrogens is 2. The smallest absolute Gasteiger partial charge is 0.394 e. The molecule has 1 amide bonds. The molecule has 37 heavy (non-hydrogen) atoms. The molecule has 13 heteroatoms. The Hall–Kier alpha value is -2.61. The highest BCUT2D eigenvalue weighted by Crippen LogP contribution is 2.33. The van der Waals surface area contributed by atoms with Crippen LogP contribution in [0.5, 0.6) is 0 Å². The maximum absolute atomic E-state index is 12.9. The number of hydrogen-bond donors (Lipinski definition) is 2. The zero-order valence-electron chi connectivity index (χ0n) is 20.2. The fraction of sp³-hybridized carbons (Fsp3) is 0.542. The Morgan fingerprint density at radius 2 is 2.03 bits per heavy atom. The first-order chi connectivity index (χ1) is 17.5. The summed E-state index contributed by atoms with van der Waals surface area (Å²) in [5.41, 5.74) is 2.26. The fourth-order valence-corrected chi connectivity index (χ4v) is 5.38. The molecule has 2 aromatic rings. The van der Waals surface area contributed by atoms with Gasteiger partial charge in [0.2, 0.25) is 0 Å². The molecule has 3 atom stereocenters. The van der Waals surface area contributed by atoms with Gasteiger partial charge in [0, 0.05) is 32.0 Å². The number of aliphatic hydroxyl groups is 1. The van der Waals surface area contributed by atoms with Gasteiger partial charge in [-0.25, -0.2) is 8.42 Å². The lowest BCUT2D eigenvalue weighted by molar-refractivity contribution is -0.236. The number of sulfone groups is 1. The number of ether oxygens (including phenoxy) is 1. The van der Waals surface area contributed by atoms with Gasteiger partial charge in [-0.1, -0.05) is 6.92 Å². The molecule has 4 rings (SSSR count). The normalized spacial score (nSPS) is 21.4. The van der Waals surface area contributed by atoms with Gasteiger partial charge < -0.3 is 15.2 Å². The van der Waals surface area contributed by atoms with Crippen LogP contribution in [0, 0.1) is 5.92 Å². The molecule has 2 aromatic heterocycles. The molecule has 0 saturated carbocycles. The summed E-state index contributed by atoms with van der Waals surface area (Å²) in [4.78, 5) is 23.5. The lowest BCUT2D eigenvalue weighted by Gasteiger charge is -2.32. The number of nitrogens with zero attached hydrogens (tertiary/aromatic N) is 3. The molecule has 0 radical (unpaired) electrons. The number of fused-ring (bicyclic) bond motifs is 1. The van der Waals surface area contributed by atoms with E-state index in [1.54, 1.807) is 6.07 Å². The van der Waals surface area contributed by atoms with Crippen LogP contribution in [0.25, 0.3) is 0 Å². The molecule has 1 unspecified atom stereocenters. The number of halogens is 3. The van der Waals surface area contributed by atoms with Crippen molar-refractivity contribution in [1.29, 1.82) is 0 Å². The Labute approximate surface area is 213 Å². The van der Waals surface area contributed by atoms with Crippen molar-refractivity contribution < 1.29 is 36.2 Å². The van der Waals surface area contributed by atoms with Crippen LogP contribution in [0.3, 0.4) is 0 Å². The van der Waals surface area contributed by atoms with Crippen molar-refractivity contribution in [2.45, 2.75) is 56.1 Å². The van der Waals surface area contributed by atoms with E-state index in [0.717, 1.165) is 11.3 Å². The van der Waals surface area contributed by atoms with Gasteiger partial charge in [0.15, 0.2) is 15.9 Å². The maximum atomic E-state index is 12.9. The summed E-state index contributed by atoms with van der Waals surface area (Å²) in [5.74, 6) is -0.546. The van der Waals surface area contributed by atoms with Gasteiger partial charge in [-0.3, -0.25) is 19.7 Å². The van der Waals surface area contributed by atoms with E-state index in [9.17, 15) is 31.5 Å². The third-order valence-electron chi connectivity index (χ3n) is 6.68. The number of nitrogens with one attached hydrogen (secondary N) is 1. The molecule has 2 N–H and O–H groups in total. The van der Waals surface area contributed by atoms with Crippen molar-refractivity contribution >= 4 is 15.7 Å². The summed E-state index contributed by atoms with van der Waals surface area (Å²) in [7, 11) is -3.42. The van der Waals surface area contributed by atoms with Gasteiger partial charge in [0.05, 0.1) is 46.9 Å². The van der Waals surface area contributed by atoms with Crippen molar-refractivity contribution in [2.24, 2.45) is 5.92 Å². The Kier molecular flexibility index (Phi) is 8.17. The van der Waals surface area contributed by atoms with E-state index in [2.05, 4.69) is 20.2 Å². The van der Waals surface area contributed by atoms with Gasteiger partial charge in [0.1, 0.15) is 0 Å². The van der Waals surface area contributed by atoms with Gasteiger partial charge >= 0.3 is 6.18 Å². The standard InChI is InChI=1S/C24H29F3N4O5S/c1-2-37(34,35)18-4-5-19(29-9-18)21(13-32)30-23(33)16-7-17-11-31(12-20(17)28-8-16)10-15-3-6-22(36-14-15)24(25,26)27/h4-5,7-9,15,21-22,32H,2-3,6,10-14H2,1H3,(H,30,33)/t15-,21+,22?/m1/s1. The summed E-state index contributed by atoms with van der Waals surface area (Å²) >= 11 is 0. The lowest BCUT2D eigenvalue weighted by atomic mass is 9.97. The summed E-state index contributed by atoms with van der Waals surface area (Å²) < 4.78 is 67.4. The molecule has 1 fully saturated rings. The third-order valence-corrected chi connectivity index (χ3v) is 8.40. The molecule has 0 aliphatic carbocycles. The number of aliphatic hydroxyl groups excluding tert-OH is 1. The molecule has 4 heterocycles. The van der Waals surface area contributed by atoms with E-state index in [1.807, 2.05) is 0 Å². The van der Waals surface area contributed by atoms with E-state index in [-0.39, 0.29) is 29.6 Å². The quantitative estimate of drug-likeness (QED) is 0.522. The van der Waals surface area contributed by atoms with Crippen molar-refractivity contribution in [3.05, 3.63) is 53.1 Å². The summed E-state index contributed by atoms with van der Waals surface area (Å²) in [6.07, 6.45) is -3.00. The first kappa shape index (κ1) is 27.4. The number of amides is 1. The number of hydrogen-bond acceptors (Lipinski definition) is 8. The number of pyridine rings is 2. The Bertz CT molecular complexity index is 1220. The van der Waals surface area contributed by atoms with Crippen molar-refractivity contribution in [3.8, 4) is 0 Å². The molecular weight excluding hydrogens is 513 g/mol. The summed E-state index contributed by atoms with van der Waals surface area (Å²) in [6, 6.07) is 3.71. The monoisotopic (exact) mass is 542 g/mol. The van der Waals surface area contributed by atoms with Crippen LogP contribution in [0.1, 0.15) is 53.1 Å². The number of carbonyl (C=O) groups excluding carboxylic acids is 1. The fourth-order valence-electron chi connectivity index (χ4n) is 4.56. The minimum atomic E-state index is -4.33. The van der Waals surface area contributed by atoms with Crippen LogP contribution in [-0.2, 0) is 27.7 Å². The van der Waals surface area contributed by atoms with Crippen LogP contribution < -0.4 is 5.32 Å². The second-order valence-corrected chi connectivity index (χ2v) is 11.6. The molecule has 0 bridgehead atoms. The van der Waals surface area contributed by atoms with Gasteiger partial charge in [-0.2, -0.15) is 13.2 Å². The molecule has 202 valence electrons. The second-order valence-electron chi connectivity index (χ2n) is 9.34. The van der Waals surface area contributed by atoms with E-state index < -0.39 is 40.7 Å². The Morgan fingerprint density at radius 3 is 2.62 bits per heavy atom. The highest BCUT2D eigenvalue weighted by Gasteiger charge is 2.43. The largest absolute Gasteiger partial charge is 0.414 e. The molecule has 0 spiro atoms. The lowest BCUT2D eigenvalue weighted by Crippen LogP contribution is -2.40. The molecular formula is C24H29F3N4O5S. The van der Waals surface area contributed by atoms with Crippen molar-refractivity contribution in [3.63, 3.8) is 0 Å². The predicted molar refractivity (Wildman–Crippen MR) is 126 cm³/mol. The average Bonchev–Trinajstić information content (AvgIpc) is 3.28. The number of carbonyl (C=O) groups is 1. The van der Waals surface area contributed by atoms with Gasteiger partial charge in [-0.05, 0) is 42.5 Å². The van der Waals surface area contributed by atoms with Crippen LogP contribution in [0.2, 0.25) is 0 Å². The zero-order valence-corrected chi connectivity index (χ0v) is 21.1. The molecule has 2 aliphatic heterocycles. The highest BCUT2D eigenvalue weighted by molar-refractivity contribution is 7.91. The second kappa shape index (κ2) is 11.0. The minimum Gasteiger partial charge on any atom is -0.394 e. The molecule has 2 aliphatic rings. The molecule has 0 aromatic carbocycles. The first-order valence-electron chi connectivity index (χ1n) is 12.0. The van der Waals surface area contributed by atoms with E-state index in [1.165, 1.54) is 31.5 Å². The zero-order chi connectivity index (χ0) is 26.8. The van der Waals surface area contributed by atoms with Crippen LogP contribution in [0.4, 0.5) is 13.2 Å². The predicted octanol–water partition coefficient (Wildman–Crippen LogP) is 2.41. The van der Waals surface area contributed by atoms with Gasteiger partial charge in [0.25, 0.3) is 5.91 Å². The third kappa shape index (κ3) is 6.46. The number of alkyl halides is 3. The Balaban J connectivity index is 1.35. The number of rotatable bonds is 8.